The van der Waals surface area contributed by atoms with Crippen LogP contribution >= 0.6 is 24.0 Å². The summed E-state index contributed by atoms with van der Waals surface area (Å²) in [4.78, 5) is 30.5. The Labute approximate surface area is 184 Å². The lowest BCUT2D eigenvalue weighted by molar-refractivity contribution is -0.128. The van der Waals surface area contributed by atoms with Gasteiger partial charge in [-0.2, -0.15) is 0 Å². The third-order valence-electron chi connectivity index (χ3n) is 4.23. The predicted molar refractivity (Wildman–Crippen MR) is 124 cm³/mol. The van der Waals surface area contributed by atoms with Gasteiger partial charge in [0, 0.05) is 37.2 Å². The SMILES string of the molecule is CCNC(=NCCNC(=O)C(C)(C)C)NC1CC(=O)N(c2ccccc2)C1.I. The number of hydrogen-bond donors (Lipinski definition) is 3. The molecule has 1 atom stereocenters. The smallest absolute Gasteiger partial charge is 0.229 e. The Hall–Kier alpha value is -1.84. The van der Waals surface area contributed by atoms with Crippen molar-refractivity contribution in [1.82, 2.24) is 16.0 Å². The second-order valence-electron chi connectivity index (χ2n) is 7.65. The van der Waals surface area contributed by atoms with Gasteiger partial charge in [-0.05, 0) is 19.1 Å². The Balaban J connectivity index is 0.00000392. The minimum Gasteiger partial charge on any atom is -0.357 e. The first-order chi connectivity index (χ1) is 12.8. The fourth-order valence-electron chi connectivity index (χ4n) is 2.78. The zero-order chi connectivity index (χ0) is 19.9. The third-order valence-corrected chi connectivity index (χ3v) is 4.23. The van der Waals surface area contributed by atoms with E-state index < -0.39 is 5.41 Å². The summed E-state index contributed by atoms with van der Waals surface area (Å²) < 4.78 is 0. The summed E-state index contributed by atoms with van der Waals surface area (Å²) in [6, 6.07) is 9.68. The molecule has 1 heterocycles. The Bertz CT molecular complexity index is 673. The zero-order valence-electron chi connectivity index (χ0n) is 17.1. The number of amides is 2. The molecule has 1 saturated heterocycles. The number of carbonyl (C=O) groups excluding carboxylic acids is 2. The molecule has 2 amide bonds. The first-order valence-electron chi connectivity index (χ1n) is 9.50. The normalized spacial score (nSPS) is 17.1. The molecule has 2 rings (SSSR count). The minimum atomic E-state index is -0.405. The summed E-state index contributed by atoms with van der Waals surface area (Å²) in [5.74, 6) is 0.776. The number of carbonyl (C=O) groups is 2. The molecule has 1 aliphatic rings. The summed E-state index contributed by atoms with van der Waals surface area (Å²) in [5.41, 5.74) is 0.510. The molecular formula is C20H32IN5O2. The molecule has 0 aliphatic carbocycles. The quantitative estimate of drug-likeness (QED) is 0.241. The number of aliphatic imine (C=N–C) groups is 1. The summed E-state index contributed by atoms with van der Waals surface area (Å²) in [6.45, 7) is 9.92. The summed E-state index contributed by atoms with van der Waals surface area (Å²) in [7, 11) is 0. The van der Waals surface area contributed by atoms with Crippen molar-refractivity contribution in [3.8, 4) is 0 Å². The molecule has 0 radical (unpaired) electrons. The molecule has 8 heteroatoms. The van der Waals surface area contributed by atoms with Gasteiger partial charge < -0.3 is 20.9 Å². The number of hydrogen-bond acceptors (Lipinski definition) is 3. The van der Waals surface area contributed by atoms with E-state index in [1.165, 1.54) is 0 Å². The zero-order valence-corrected chi connectivity index (χ0v) is 19.4. The maximum absolute atomic E-state index is 12.3. The fourth-order valence-corrected chi connectivity index (χ4v) is 2.78. The van der Waals surface area contributed by atoms with E-state index in [1.54, 1.807) is 4.90 Å². The monoisotopic (exact) mass is 501 g/mol. The van der Waals surface area contributed by atoms with Gasteiger partial charge in [-0.3, -0.25) is 14.6 Å². The van der Waals surface area contributed by atoms with E-state index >= 15 is 0 Å². The molecule has 0 spiro atoms. The van der Waals surface area contributed by atoms with Gasteiger partial charge in [0.15, 0.2) is 5.96 Å². The van der Waals surface area contributed by atoms with Crippen molar-refractivity contribution in [3.05, 3.63) is 30.3 Å². The van der Waals surface area contributed by atoms with Crippen molar-refractivity contribution in [1.29, 1.82) is 0 Å². The Morgan fingerprint density at radius 1 is 1.21 bits per heavy atom. The van der Waals surface area contributed by atoms with Crippen molar-refractivity contribution >= 4 is 47.4 Å². The predicted octanol–water partition coefficient (Wildman–Crippen LogP) is 2.13. The molecule has 0 bridgehead atoms. The molecule has 3 N–H and O–H groups in total. The van der Waals surface area contributed by atoms with Crippen LogP contribution in [-0.2, 0) is 9.59 Å². The van der Waals surface area contributed by atoms with Gasteiger partial charge in [-0.1, -0.05) is 39.0 Å². The number of rotatable bonds is 6. The largest absolute Gasteiger partial charge is 0.357 e. The van der Waals surface area contributed by atoms with Gasteiger partial charge in [-0.25, -0.2) is 0 Å². The van der Waals surface area contributed by atoms with Crippen molar-refractivity contribution < 1.29 is 9.59 Å². The molecule has 7 nitrogen and oxygen atoms in total. The second-order valence-corrected chi connectivity index (χ2v) is 7.65. The second kappa shape index (κ2) is 11.2. The maximum Gasteiger partial charge on any atom is 0.229 e. The Kier molecular flexibility index (Phi) is 9.71. The van der Waals surface area contributed by atoms with Crippen LogP contribution in [-0.4, -0.2) is 50.0 Å². The highest BCUT2D eigenvalue weighted by molar-refractivity contribution is 14.0. The number of para-hydroxylation sites is 1. The highest BCUT2D eigenvalue weighted by atomic mass is 127. The first-order valence-corrected chi connectivity index (χ1v) is 9.50. The van der Waals surface area contributed by atoms with Crippen molar-refractivity contribution in [2.75, 3.05) is 31.1 Å². The molecule has 1 aliphatic heterocycles. The minimum absolute atomic E-state index is 0. The van der Waals surface area contributed by atoms with Crippen molar-refractivity contribution in [2.24, 2.45) is 10.4 Å². The highest BCUT2D eigenvalue weighted by Gasteiger charge is 2.31. The van der Waals surface area contributed by atoms with Gasteiger partial charge in [-0.15, -0.1) is 24.0 Å². The van der Waals surface area contributed by atoms with E-state index in [0.717, 1.165) is 12.2 Å². The molecule has 0 aromatic heterocycles. The van der Waals surface area contributed by atoms with Crippen LogP contribution in [0.4, 0.5) is 5.69 Å². The Morgan fingerprint density at radius 3 is 2.50 bits per heavy atom. The summed E-state index contributed by atoms with van der Waals surface area (Å²) in [6.07, 6.45) is 0.431. The summed E-state index contributed by atoms with van der Waals surface area (Å²) in [5, 5.41) is 9.41. The standard InChI is InChI=1S/C20H31N5O2.HI/c1-5-21-19(23-12-11-22-18(27)20(2,3)4)24-15-13-17(26)25(14-15)16-9-7-6-8-10-16;/h6-10,15H,5,11-14H2,1-4H3,(H,22,27)(H2,21,23,24);1H. The van der Waals surface area contributed by atoms with Crippen LogP contribution in [0.3, 0.4) is 0 Å². The first kappa shape index (κ1) is 24.2. The molecule has 28 heavy (non-hydrogen) atoms. The van der Waals surface area contributed by atoms with Crippen LogP contribution in [0.5, 0.6) is 0 Å². The molecular weight excluding hydrogens is 469 g/mol. The van der Waals surface area contributed by atoms with E-state index in [0.29, 0.717) is 32.0 Å². The Morgan fingerprint density at radius 2 is 1.89 bits per heavy atom. The van der Waals surface area contributed by atoms with Crippen LogP contribution in [0.1, 0.15) is 34.1 Å². The highest BCUT2D eigenvalue weighted by Crippen LogP contribution is 2.20. The van der Waals surface area contributed by atoms with E-state index in [9.17, 15) is 9.59 Å². The average Bonchev–Trinajstić information content (AvgIpc) is 2.98. The van der Waals surface area contributed by atoms with Gasteiger partial charge in [0.05, 0.1) is 12.6 Å². The third kappa shape index (κ3) is 7.29. The number of guanidine groups is 1. The molecule has 1 aromatic rings. The van der Waals surface area contributed by atoms with Gasteiger partial charge in [0.1, 0.15) is 0 Å². The lowest BCUT2D eigenvalue weighted by atomic mass is 9.96. The number of nitrogens with one attached hydrogen (secondary N) is 3. The van der Waals surface area contributed by atoms with Crippen molar-refractivity contribution in [3.63, 3.8) is 0 Å². The van der Waals surface area contributed by atoms with E-state index in [4.69, 9.17) is 0 Å². The van der Waals surface area contributed by atoms with Gasteiger partial charge >= 0.3 is 0 Å². The molecule has 0 saturated carbocycles. The molecule has 156 valence electrons. The van der Waals surface area contributed by atoms with Crippen molar-refractivity contribution in [2.45, 2.75) is 40.2 Å². The van der Waals surface area contributed by atoms with Crippen LogP contribution in [0.2, 0.25) is 0 Å². The van der Waals surface area contributed by atoms with E-state index in [1.807, 2.05) is 58.0 Å². The fraction of sp³-hybridized carbons (Fsp3) is 0.550. The topological polar surface area (TPSA) is 85.8 Å². The number of anilines is 1. The van der Waals surface area contributed by atoms with Gasteiger partial charge in [0.25, 0.3) is 0 Å². The van der Waals surface area contributed by atoms with Crippen LogP contribution in [0.25, 0.3) is 0 Å². The maximum atomic E-state index is 12.3. The molecule has 1 fully saturated rings. The van der Waals surface area contributed by atoms with E-state index in [-0.39, 0.29) is 41.8 Å². The molecule has 1 aromatic carbocycles. The lowest BCUT2D eigenvalue weighted by Gasteiger charge is -2.19. The van der Waals surface area contributed by atoms with E-state index in [2.05, 4.69) is 20.9 Å². The number of benzene rings is 1. The molecule has 1 unspecified atom stereocenters. The van der Waals surface area contributed by atoms with Crippen LogP contribution < -0.4 is 20.9 Å². The number of halogens is 1. The average molecular weight is 501 g/mol. The number of nitrogens with zero attached hydrogens (tertiary/aromatic N) is 2. The van der Waals surface area contributed by atoms with Crippen LogP contribution in [0.15, 0.2) is 35.3 Å². The summed E-state index contributed by atoms with van der Waals surface area (Å²) >= 11 is 0. The lowest BCUT2D eigenvalue weighted by Crippen LogP contribution is -2.45. The van der Waals surface area contributed by atoms with Gasteiger partial charge in [0.2, 0.25) is 11.8 Å². The van der Waals surface area contributed by atoms with Crippen LogP contribution in [0, 0.1) is 5.41 Å².